The topological polar surface area (TPSA) is 66.8 Å². The molecule has 0 spiro atoms. The molecule has 2 unspecified atom stereocenters. The average molecular weight is 257 g/mol. The molecule has 0 saturated carbocycles. The number of carbonyl (C=O) groups is 2. The van der Waals surface area contributed by atoms with E-state index in [2.05, 4.69) is 13.8 Å². The van der Waals surface area contributed by atoms with E-state index in [1.807, 2.05) is 0 Å². The molecule has 1 rings (SSSR count). The highest BCUT2D eigenvalue weighted by molar-refractivity contribution is 5.78. The second-order valence-corrected chi connectivity index (χ2v) is 5.17. The van der Waals surface area contributed by atoms with E-state index in [4.69, 9.17) is 9.84 Å². The highest BCUT2D eigenvalue weighted by atomic mass is 16.5. The molecule has 5 nitrogen and oxygen atoms in total. The van der Waals surface area contributed by atoms with Gasteiger partial charge in [0.05, 0.1) is 12.6 Å². The van der Waals surface area contributed by atoms with Crippen molar-refractivity contribution >= 4 is 11.9 Å². The normalized spacial score (nSPS) is 25.8. The molecule has 0 bridgehead atoms. The van der Waals surface area contributed by atoms with Crippen molar-refractivity contribution in [2.24, 2.45) is 5.92 Å². The maximum absolute atomic E-state index is 12.1. The van der Waals surface area contributed by atoms with Gasteiger partial charge in [-0.15, -0.1) is 0 Å². The van der Waals surface area contributed by atoms with Crippen LogP contribution < -0.4 is 0 Å². The Morgan fingerprint density at radius 3 is 2.67 bits per heavy atom. The number of morpholine rings is 1. The third-order valence-electron chi connectivity index (χ3n) is 3.19. The lowest BCUT2D eigenvalue weighted by molar-refractivity contribution is -0.166. The lowest BCUT2D eigenvalue weighted by Gasteiger charge is -2.35. The van der Waals surface area contributed by atoms with Gasteiger partial charge in [0.25, 0.3) is 0 Å². The van der Waals surface area contributed by atoms with Gasteiger partial charge in [-0.05, 0) is 12.8 Å². The largest absolute Gasteiger partial charge is 0.479 e. The molecule has 1 saturated heterocycles. The van der Waals surface area contributed by atoms with Crippen LogP contribution in [0.25, 0.3) is 0 Å². The molecule has 5 heteroatoms. The van der Waals surface area contributed by atoms with E-state index in [0.29, 0.717) is 18.9 Å². The summed E-state index contributed by atoms with van der Waals surface area (Å²) in [5.41, 5.74) is 0. The summed E-state index contributed by atoms with van der Waals surface area (Å²) in [5.74, 6) is -0.609. The average Bonchev–Trinajstić information content (AvgIpc) is 2.28. The SMILES string of the molecule is CCCC(C)CC(=O)N1CC(C(=O)O)O[C@H](C)C1. The molecule has 104 valence electrons. The van der Waals surface area contributed by atoms with Crippen molar-refractivity contribution in [2.75, 3.05) is 13.1 Å². The zero-order valence-corrected chi connectivity index (χ0v) is 11.4. The van der Waals surface area contributed by atoms with Crippen LogP contribution in [0, 0.1) is 5.92 Å². The number of hydrogen-bond donors (Lipinski definition) is 1. The fourth-order valence-corrected chi connectivity index (χ4v) is 2.31. The molecule has 1 heterocycles. The van der Waals surface area contributed by atoms with Crippen LogP contribution in [-0.4, -0.2) is 47.2 Å². The summed E-state index contributed by atoms with van der Waals surface area (Å²) < 4.78 is 5.29. The number of rotatable bonds is 5. The molecule has 0 aromatic heterocycles. The van der Waals surface area contributed by atoms with E-state index in [1.54, 1.807) is 11.8 Å². The summed E-state index contributed by atoms with van der Waals surface area (Å²) >= 11 is 0. The molecule has 1 aliphatic heterocycles. The van der Waals surface area contributed by atoms with Crippen molar-refractivity contribution in [1.29, 1.82) is 0 Å². The van der Waals surface area contributed by atoms with Crippen molar-refractivity contribution in [3.05, 3.63) is 0 Å². The molecule has 1 fully saturated rings. The Balaban J connectivity index is 2.53. The summed E-state index contributed by atoms with van der Waals surface area (Å²) in [6, 6.07) is 0. The third kappa shape index (κ3) is 4.29. The number of ether oxygens (including phenoxy) is 1. The number of carboxylic acids is 1. The quantitative estimate of drug-likeness (QED) is 0.810. The van der Waals surface area contributed by atoms with Gasteiger partial charge in [0.2, 0.25) is 5.91 Å². The molecule has 0 radical (unpaired) electrons. The number of carboxylic acid groups (broad SMARTS) is 1. The molecule has 3 atom stereocenters. The molecular weight excluding hydrogens is 234 g/mol. The van der Waals surface area contributed by atoms with Crippen LogP contribution in [0.4, 0.5) is 0 Å². The summed E-state index contributed by atoms with van der Waals surface area (Å²) in [5, 5.41) is 8.96. The lowest BCUT2D eigenvalue weighted by atomic mass is 10.0. The Morgan fingerprint density at radius 2 is 2.11 bits per heavy atom. The molecule has 1 aliphatic rings. The zero-order chi connectivity index (χ0) is 13.7. The fraction of sp³-hybridized carbons (Fsp3) is 0.846. The number of carbonyl (C=O) groups excluding carboxylic acids is 1. The predicted octanol–water partition coefficient (Wildman–Crippen LogP) is 1.51. The fourth-order valence-electron chi connectivity index (χ4n) is 2.31. The lowest BCUT2D eigenvalue weighted by Crippen LogP contribution is -2.52. The minimum absolute atomic E-state index is 0.0392. The van der Waals surface area contributed by atoms with Gasteiger partial charge in [0.1, 0.15) is 0 Å². The standard InChI is InChI=1S/C13H23NO4/c1-4-5-9(2)6-12(15)14-7-10(3)18-11(8-14)13(16)17/h9-11H,4-8H2,1-3H3,(H,16,17)/t9?,10-,11?/m1/s1. The predicted molar refractivity (Wildman–Crippen MR) is 67.2 cm³/mol. The highest BCUT2D eigenvalue weighted by Gasteiger charge is 2.32. The van der Waals surface area contributed by atoms with Gasteiger partial charge in [-0.1, -0.05) is 26.7 Å². The van der Waals surface area contributed by atoms with Crippen LogP contribution in [0.5, 0.6) is 0 Å². The Kier molecular flexibility index (Phi) is 5.59. The molecule has 18 heavy (non-hydrogen) atoms. The maximum Gasteiger partial charge on any atom is 0.334 e. The Morgan fingerprint density at radius 1 is 1.44 bits per heavy atom. The van der Waals surface area contributed by atoms with Gasteiger partial charge in [-0.3, -0.25) is 4.79 Å². The Labute approximate surface area is 108 Å². The van der Waals surface area contributed by atoms with Crippen molar-refractivity contribution in [2.45, 2.75) is 52.2 Å². The van der Waals surface area contributed by atoms with E-state index in [0.717, 1.165) is 12.8 Å². The first-order valence-electron chi connectivity index (χ1n) is 6.60. The highest BCUT2D eigenvalue weighted by Crippen LogP contribution is 2.16. The van der Waals surface area contributed by atoms with Crippen LogP contribution in [0.3, 0.4) is 0 Å². The van der Waals surface area contributed by atoms with Gasteiger partial charge in [0, 0.05) is 13.0 Å². The first-order chi connectivity index (χ1) is 8.43. The van der Waals surface area contributed by atoms with Crippen LogP contribution in [0.1, 0.15) is 40.0 Å². The van der Waals surface area contributed by atoms with E-state index in [-0.39, 0.29) is 18.6 Å². The number of amides is 1. The smallest absolute Gasteiger partial charge is 0.334 e. The summed E-state index contributed by atoms with van der Waals surface area (Å²) in [7, 11) is 0. The Bertz CT molecular complexity index is 305. The minimum atomic E-state index is -0.999. The van der Waals surface area contributed by atoms with Gasteiger partial charge < -0.3 is 14.7 Å². The van der Waals surface area contributed by atoms with E-state index in [1.165, 1.54) is 0 Å². The molecule has 0 aromatic carbocycles. The van der Waals surface area contributed by atoms with Crippen LogP contribution in [0.2, 0.25) is 0 Å². The van der Waals surface area contributed by atoms with Gasteiger partial charge >= 0.3 is 5.97 Å². The summed E-state index contributed by atoms with van der Waals surface area (Å²) in [4.78, 5) is 24.6. The van der Waals surface area contributed by atoms with Gasteiger partial charge in [-0.2, -0.15) is 0 Å². The van der Waals surface area contributed by atoms with Crippen molar-refractivity contribution < 1.29 is 19.4 Å². The number of hydrogen-bond acceptors (Lipinski definition) is 3. The van der Waals surface area contributed by atoms with Crippen LogP contribution in [-0.2, 0) is 14.3 Å². The summed E-state index contributed by atoms with van der Waals surface area (Å²) in [6.07, 6.45) is 1.47. The second-order valence-electron chi connectivity index (χ2n) is 5.17. The minimum Gasteiger partial charge on any atom is -0.479 e. The van der Waals surface area contributed by atoms with Gasteiger partial charge in [-0.25, -0.2) is 4.79 Å². The maximum atomic E-state index is 12.1. The van der Waals surface area contributed by atoms with E-state index >= 15 is 0 Å². The number of nitrogens with zero attached hydrogens (tertiary/aromatic N) is 1. The number of aliphatic carboxylic acids is 1. The molecule has 1 amide bonds. The monoisotopic (exact) mass is 257 g/mol. The van der Waals surface area contributed by atoms with Crippen molar-refractivity contribution in [1.82, 2.24) is 4.90 Å². The van der Waals surface area contributed by atoms with Crippen molar-refractivity contribution in [3.63, 3.8) is 0 Å². The second kappa shape index (κ2) is 6.73. The van der Waals surface area contributed by atoms with Crippen LogP contribution in [0.15, 0.2) is 0 Å². The van der Waals surface area contributed by atoms with Crippen LogP contribution >= 0.6 is 0 Å². The first-order valence-corrected chi connectivity index (χ1v) is 6.60. The van der Waals surface area contributed by atoms with E-state index < -0.39 is 12.1 Å². The molecule has 0 aromatic rings. The Hall–Kier alpha value is -1.10. The van der Waals surface area contributed by atoms with Crippen molar-refractivity contribution in [3.8, 4) is 0 Å². The third-order valence-corrected chi connectivity index (χ3v) is 3.19. The molecule has 0 aliphatic carbocycles. The van der Waals surface area contributed by atoms with E-state index in [9.17, 15) is 9.59 Å². The zero-order valence-electron chi connectivity index (χ0n) is 11.4. The molecule has 1 N–H and O–H groups in total. The summed E-state index contributed by atoms with van der Waals surface area (Å²) in [6.45, 7) is 6.60. The molecular formula is C13H23NO4. The first kappa shape index (κ1) is 15.0. The van der Waals surface area contributed by atoms with Gasteiger partial charge in [0.15, 0.2) is 6.10 Å².